The van der Waals surface area contributed by atoms with E-state index in [2.05, 4.69) is 21.2 Å². The Kier molecular flexibility index (Phi) is 4.52. The smallest absolute Gasteiger partial charge is 0.326 e. The van der Waals surface area contributed by atoms with E-state index in [0.717, 1.165) is 4.90 Å². The second-order valence-electron chi connectivity index (χ2n) is 4.45. The van der Waals surface area contributed by atoms with Crippen molar-refractivity contribution in [3.8, 4) is 0 Å². The third-order valence-electron chi connectivity index (χ3n) is 2.99. The summed E-state index contributed by atoms with van der Waals surface area (Å²) in [5.74, 6) is -1.14. The number of nitrogens with zero attached hydrogens (tertiary/aromatic N) is 1. The van der Waals surface area contributed by atoms with E-state index in [0.29, 0.717) is 15.2 Å². The molecule has 20 heavy (non-hydrogen) atoms. The molecule has 1 heterocycles. The minimum Gasteiger partial charge on any atom is -0.480 e. The van der Waals surface area contributed by atoms with Crippen molar-refractivity contribution in [2.45, 2.75) is 18.6 Å². The Bertz CT molecular complexity index is 554. The zero-order valence-corrected chi connectivity index (χ0v) is 12.6. The summed E-state index contributed by atoms with van der Waals surface area (Å²) in [6, 6.07) is 3.26. The zero-order valence-electron chi connectivity index (χ0n) is 10.2. The number of β-amino-alcohol motifs (C(OH)–C–C–N with tert-alkyl or cyclic N) is 1. The lowest BCUT2D eigenvalue weighted by atomic mass is 10.2. The van der Waals surface area contributed by atoms with Crippen molar-refractivity contribution < 1.29 is 19.8 Å². The summed E-state index contributed by atoms with van der Waals surface area (Å²) in [4.78, 5) is 24.3. The molecule has 1 aromatic carbocycles. The molecule has 0 spiro atoms. The molecule has 3 N–H and O–H groups in total. The van der Waals surface area contributed by atoms with Gasteiger partial charge in [0, 0.05) is 22.5 Å². The van der Waals surface area contributed by atoms with Crippen LogP contribution in [0.2, 0.25) is 5.02 Å². The van der Waals surface area contributed by atoms with Crippen molar-refractivity contribution in [2.75, 3.05) is 11.9 Å². The minimum atomic E-state index is -1.14. The molecule has 0 aliphatic carbocycles. The molecule has 0 saturated carbocycles. The summed E-state index contributed by atoms with van der Waals surface area (Å²) in [5.41, 5.74) is 0.438. The number of carbonyl (C=O) groups is 2. The quantitative estimate of drug-likeness (QED) is 0.751. The first-order valence-corrected chi connectivity index (χ1v) is 6.99. The number of hydrogen-bond acceptors (Lipinski definition) is 3. The van der Waals surface area contributed by atoms with E-state index in [1.165, 1.54) is 0 Å². The van der Waals surface area contributed by atoms with Gasteiger partial charge in [-0.1, -0.05) is 11.6 Å². The van der Waals surface area contributed by atoms with Crippen LogP contribution in [0.1, 0.15) is 6.42 Å². The lowest BCUT2D eigenvalue weighted by Gasteiger charge is -2.22. The summed E-state index contributed by atoms with van der Waals surface area (Å²) >= 11 is 9.11. The Labute approximate surface area is 128 Å². The molecule has 2 rings (SSSR count). The van der Waals surface area contributed by atoms with Crippen LogP contribution in [0.4, 0.5) is 10.5 Å². The molecule has 8 heteroatoms. The molecule has 1 aromatic rings. The maximum absolute atomic E-state index is 12.1. The van der Waals surface area contributed by atoms with Crippen molar-refractivity contribution in [2.24, 2.45) is 0 Å². The first-order chi connectivity index (χ1) is 9.38. The summed E-state index contributed by atoms with van der Waals surface area (Å²) in [6.45, 7) is -0.0129. The number of carbonyl (C=O) groups excluding carboxylic acids is 1. The highest BCUT2D eigenvalue weighted by Gasteiger charge is 2.39. The molecule has 6 nitrogen and oxygen atoms in total. The van der Waals surface area contributed by atoms with Gasteiger partial charge >= 0.3 is 12.0 Å². The standard InChI is InChI=1S/C12H12BrClN2O4/c13-8-2-1-6(14)3-9(8)15-12(20)16-5-7(17)4-10(16)11(18)19/h1-3,7,10,17H,4-5H2,(H,15,20)(H,18,19)/t7-,10-/m1/s1. The molecule has 0 bridgehead atoms. The average molecular weight is 364 g/mol. The number of urea groups is 1. The van der Waals surface area contributed by atoms with Crippen LogP contribution in [-0.2, 0) is 4.79 Å². The predicted octanol–water partition coefficient (Wildman–Crippen LogP) is 2.15. The third kappa shape index (κ3) is 3.23. The normalized spacial score (nSPS) is 21.9. The van der Waals surface area contributed by atoms with Gasteiger partial charge in [0.15, 0.2) is 0 Å². The van der Waals surface area contributed by atoms with Crippen molar-refractivity contribution >= 4 is 45.2 Å². The van der Waals surface area contributed by atoms with Gasteiger partial charge in [-0.25, -0.2) is 9.59 Å². The molecule has 1 fully saturated rings. The zero-order chi connectivity index (χ0) is 14.9. The van der Waals surface area contributed by atoms with Crippen LogP contribution in [0.25, 0.3) is 0 Å². The Balaban J connectivity index is 2.15. The highest BCUT2D eigenvalue weighted by atomic mass is 79.9. The number of carboxylic acids is 1. The van der Waals surface area contributed by atoms with Gasteiger partial charge in [-0.2, -0.15) is 0 Å². The third-order valence-corrected chi connectivity index (χ3v) is 3.92. The predicted molar refractivity (Wildman–Crippen MR) is 76.9 cm³/mol. The molecule has 2 atom stereocenters. The van der Waals surface area contributed by atoms with Gasteiger partial charge in [-0.15, -0.1) is 0 Å². The van der Waals surface area contributed by atoms with E-state index in [1.54, 1.807) is 18.2 Å². The van der Waals surface area contributed by atoms with Crippen LogP contribution >= 0.6 is 27.5 Å². The van der Waals surface area contributed by atoms with E-state index < -0.39 is 24.1 Å². The monoisotopic (exact) mass is 362 g/mol. The Morgan fingerprint density at radius 3 is 2.80 bits per heavy atom. The molecular formula is C12H12BrClN2O4. The van der Waals surface area contributed by atoms with Crippen LogP contribution in [0, 0.1) is 0 Å². The number of benzene rings is 1. The number of nitrogens with one attached hydrogen (secondary N) is 1. The van der Waals surface area contributed by atoms with Gasteiger partial charge in [-0.05, 0) is 34.1 Å². The maximum atomic E-state index is 12.1. The fraction of sp³-hybridized carbons (Fsp3) is 0.333. The van der Waals surface area contributed by atoms with Gasteiger partial charge in [0.1, 0.15) is 6.04 Å². The lowest BCUT2D eigenvalue weighted by Crippen LogP contribution is -2.43. The number of carboxylic acid groups (broad SMARTS) is 1. The molecule has 1 aliphatic heterocycles. The van der Waals surface area contributed by atoms with E-state index in [-0.39, 0.29) is 13.0 Å². The first-order valence-electron chi connectivity index (χ1n) is 5.82. The van der Waals surface area contributed by atoms with Crippen molar-refractivity contribution in [1.29, 1.82) is 0 Å². The van der Waals surface area contributed by atoms with Gasteiger partial charge in [0.05, 0.1) is 11.8 Å². The lowest BCUT2D eigenvalue weighted by molar-refractivity contribution is -0.141. The van der Waals surface area contributed by atoms with Crippen LogP contribution in [-0.4, -0.2) is 45.8 Å². The van der Waals surface area contributed by atoms with Gasteiger partial charge in [-0.3, -0.25) is 0 Å². The van der Waals surface area contributed by atoms with Gasteiger partial charge < -0.3 is 20.4 Å². The van der Waals surface area contributed by atoms with Crippen LogP contribution in [0.5, 0.6) is 0 Å². The molecule has 1 saturated heterocycles. The number of amides is 2. The minimum absolute atomic E-state index is 0.0129. The van der Waals surface area contributed by atoms with Gasteiger partial charge in [0.2, 0.25) is 0 Å². The number of aliphatic carboxylic acids is 1. The SMILES string of the molecule is O=C(O)[C@H]1C[C@@H](O)CN1C(=O)Nc1cc(Cl)ccc1Br. The summed E-state index contributed by atoms with van der Waals surface area (Å²) in [6.07, 6.45) is -0.802. The highest BCUT2D eigenvalue weighted by Crippen LogP contribution is 2.27. The van der Waals surface area contributed by atoms with Crippen LogP contribution < -0.4 is 5.32 Å². The highest BCUT2D eigenvalue weighted by molar-refractivity contribution is 9.10. The molecule has 108 valence electrons. The topological polar surface area (TPSA) is 89.9 Å². The first kappa shape index (κ1) is 15.1. The fourth-order valence-corrected chi connectivity index (χ4v) is 2.57. The van der Waals surface area contributed by atoms with Gasteiger partial charge in [0.25, 0.3) is 0 Å². The van der Waals surface area contributed by atoms with Crippen molar-refractivity contribution in [3.63, 3.8) is 0 Å². The summed E-state index contributed by atoms with van der Waals surface area (Å²) < 4.78 is 0.627. The molecule has 0 radical (unpaired) electrons. The molecule has 0 aromatic heterocycles. The number of hydrogen-bond donors (Lipinski definition) is 3. The van der Waals surface area contributed by atoms with Crippen LogP contribution in [0.3, 0.4) is 0 Å². The number of rotatable bonds is 2. The molecule has 1 aliphatic rings. The average Bonchev–Trinajstić information content (AvgIpc) is 2.76. The second-order valence-corrected chi connectivity index (χ2v) is 5.74. The number of aliphatic hydroxyl groups is 1. The summed E-state index contributed by atoms with van der Waals surface area (Å²) in [7, 11) is 0. The maximum Gasteiger partial charge on any atom is 0.326 e. The molecule has 0 unspecified atom stereocenters. The van der Waals surface area contributed by atoms with E-state index in [4.69, 9.17) is 16.7 Å². The number of likely N-dealkylation sites (tertiary alicyclic amines) is 1. The fourth-order valence-electron chi connectivity index (χ4n) is 2.05. The van der Waals surface area contributed by atoms with E-state index in [9.17, 15) is 14.7 Å². The van der Waals surface area contributed by atoms with E-state index >= 15 is 0 Å². The second kappa shape index (κ2) is 5.99. The largest absolute Gasteiger partial charge is 0.480 e. The Morgan fingerprint density at radius 1 is 1.45 bits per heavy atom. The summed E-state index contributed by atoms with van der Waals surface area (Å²) in [5, 5.41) is 21.6. The number of anilines is 1. The number of aliphatic hydroxyl groups excluding tert-OH is 1. The van der Waals surface area contributed by atoms with Crippen LogP contribution in [0.15, 0.2) is 22.7 Å². The Morgan fingerprint density at radius 2 is 2.15 bits per heavy atom. The van der Waals surface area contributed by atoms with E-state index in [1.807, 2.05) is 0 Å². The Hall–Kier alpha value is -1.31. The number of halogens is 2. The molecule has 2 amide bonds. The molecular weight excluding hydrogens is 351 g/mol. The van der Waals surface area contributed by atoms with Crippen molar-refractivity contribution in [1.82, 2.24) is 4.90 Å². The van der Waals surface area contributed by atoms with Crippen molar-refractivity contribution in [3.05, 3.63) is 27.7 Å².